The van der Waals surface area contributed by atoms with E-state index in [2.05, 4.69) is 37.2 Å². The molecule has 16 heavy (non-hydrogen) atoms. The van der Waals surface area contributed by atoms with Gasteiger partial charge >= 0.3 is 0 Å². The molecule has 0 saturated heterocycles. The van der Waals surface area contributed by atoms with Gasteiger partial charge in [-0.1, -0.05) is 28.1 Å². The smallest absolute Gasteiger partial charge is 0.252 e. The third-order valence-electron chi connectivity index (χ3n) is 2.22. The van der Waals surface area contributed by atoms with Gasteiger partial charge in [-0.25, -0.2) is 0 Å². The Kier molecular flexibility index (Phi) is 4.56. The second-order valence-corrected chi connectivity index (χ2v) is 5.76. The molecule has 0 aliphatic rings. The lowest BCUT2D eigenvalue weighted by Gasteiger charge is -2.24. The SMILES string of the molecule is Cc1cccc(C(=O)NC(C)(C)CBr)c1Br. The predicted octanol–water partition coefficient (Wildman–Crippen LogP) is 3.66. The van der Waals surface area contributed by atoms with Crippen molar-refractivity contribution >= 4 is 37.8 Å². The fourth-order valence-corrected chi connectivity index (χ4v) is 1.82. The third-order valence-corrected chi connectivity index (χ3v) is 4.68. The van der Waals surface area contributed by atoms with Gasteiger partial charge in [0, 0.05) is 15.3 Å². The van der Waals surface area contributed by atoms with Gasteiger partial charge in [0.25, 0.3) is 5.91 Å². The first-order valence-electron chi connectivity index (χ1n) is 5.01. The van der Waals surface area contributed by atoms with Crippen LogP contribution in [0.25, 0.3) is 0 Å². The summed E-state index contributed by atoms with van der Waals surface area (Å²) in [6.45, 7) is 5.92. The number of halogens is 2. The molecular formula is C12H15Br2NO. The summed E-state index contributed by atoms with van der Waals surface area (Å²) >= 11 is 6.82. The van der Waals surface area contributed by atoms with Crippen LogP contribution in [0.15, 0.2) is 22.7 Å². The van der Waals surface area contributed by atoms with Gasteiger partial charge in [0.2, 0.25) is 0 Å². The second kappa shape index (κ2) is 5.32. The van der Waals surface area contributed by atoms with Crippen molar-refractivity contribution in [2.24, 2.45) is 0 Å². The molecule has 0 radical (unpaired) electrons. The zero-order valence-corrected chi connectivity index (χ0v) is 12.8. The van der Waals surface area contributed by atoms with E-state index < -0.39 is 0 Å². The summed E-state index contributed by atoms with van der Waals surface area (Å²) in [5.74, 6) is -0.0555. The number of amides is 1. The number of carbonyl (C=O) groups excluding carboxylic acids is 1. The summed E-state index contributed by atoms with van der Waals surface area (Å²) in [4.78, 5) is 12.0. The first-order valence-corrected chi connectivity index (χ1v) is 6.92. The van der Waals surface area contributed by atoms with Gasteiger partial charge in [-0.3, -0.25) is 4.79 Å². The van der Waals surface area contributed by atoms with E-state index in [0.29, 0.717) is 5.56 Å². The van der Waals surface area contributed by atoms with E-state index in [1.165, 1.54) is 0 Å². The maximum atomic E-state index is 12.0. The quantitative estimate of drug-likeness (QED) is 0.830. The van der Waals surface area contributed by atoms with Crippen molar-refractivity contribution < 1.29 is 4.79 Å². The van der Waals surface area contributed by atoms with Gasteiger partial charge in [0.1, 0.15) is 0 Å². The molecule has 0 bridgehead atoms. The number of hydrogen-bond donors (Lipinski definition) is 1. The van der Waals surface area contributed by atoms with Gasteiger partial charge < -0.3 is 5.32 Å². The van der Waals surface area contributed by atoms with Crippen LogP contribution in [-0.2, 0) is 0 Å². The Bertz CT molecular complexity index is 402. The molecule has 0 aliphatic heterocycles. The van der Waals surface area contributed by atoms with E-state index in [4.69, 9.17) is 0 Å². The predicted molar refractivity (Wildman–Crippen MR) is 74.2 cm³/mol. The van der Waals surface area contributed by atoms with Crippen molar-refractivity contribution in [3.63, 3.8) is 0 Å². The maximum Gasteiger partial charge on any atom is 0.252 e. The van der Waals surface area contributed by atoms with Crippen LogP contribution in [-0.4, -0.2) is 16.8 Å². The molecule has 88 valence electrons. The minimum absolute atomic E-state index is 0.0555. The average Bonchev–Trinajstić information content (AvgIpc) is 2.21. The summed E-state index contributed by atoms with van der Waals surface area (Å²) in [5.41, 5.74) is 1.48. The third kappa shape index (κ3) is 3.32. The van der Waals surface area contributed by atoms with E-state index in [9.17, 15) is 4.79 Å². The van der Waals surface area contributed by atoms with E-state index in [1.807, 2.05) is 39.0 Å². The molecule has 0 fully saturated rings. The normalized spacial score (nSPS) is 11.3. The number of alkyl halides is 1. The summed E-state index contributed by atoms with van der Waals surface area (Å²) in [6, 6.07) is 5.67. The summed E-state index contributed by atoms with van der Waals surface area (Å²) in [5, 5.41) is 3.69. The highest BCUT2D eigenvalue weighted by molar-refractivity contribution is 9.10. The highest BCUT2D eigenvalue weighted by atomic mass is 79.9. The van der Waals surface area contributed by atoms with E-state index in [0.717, 1.165) is 15.4 Å². The van der Waals surface area contributed by atoms with Gasteiger partial charge in [-0.15, -0.1) is 0 Å². The first-order chi connectivity index (χ1) is 7.37. The number of benzene rings is 1. The molecule has 0 aliphatic carbocycles. The van der Waals surface area contributed by atoms with Crippen LogP contribution in [0.1, 0.15) is 29.8 Å². The zero-order chi connectivity index (χ0) is 12.3. The van der Waals surface area contributed by atoms with Crippen molar-refractivity contribution in [1.82, 2.24) is 5.32 Å². The van der Waals surface area contributed by atoms with E-state index in [-0.39, 0.29) is 11.4 Å². The largest absolute Gasteiger partial charge is 0.346 e. The molecule has 1 N–H and O–H groups in total. The minimum atomic E-state index is -0.250. The lowest BCUT2D eigenvalue weighted by atomic mass is 10.1. The molecule has 0 atom stereocenters. The number of rotatable bonds is 3. The van der Waals surface area contributed by atoms with Crippen LogP contribution >= 0.6 is 31.9 Å². The Morgan fingerprint density at radius 3 is 2.62 bits per heavy atom. The number of carbonyl (C=O) groups is 1. The highest BCUT2D eigenvalue weighted by Gasteiger charge is 2.21. The van der Waals surface area contributed by atoms with Crippen molar-refractivity contribution in [2.75, 3.05) is 5.33 Å². The van der Waals surface area contributed by atoms with Gasteiger partial charge in [0.15, 0.2) is 0 Å². The van der Waals surface area contributed by atoms with E-state index >= 15 is 0 Å². The standard InChI is InChI=1S/C12H15Br2NO/c1-8-5-4-6-9(10(8)14)11(16)15-12(2,3)7-13/h4-6H,7H2,1-3H3,(H,15,16). The van der Waals surface area contributed by atoms with Crippen LogP contribution < -0.4 is 5.32 Å². The maximum absolute atomic E-state index is 12.0. The summed E-state index contributed by atoms with van der Waals surface area (Å²) in [7, 11) is 0. The molecule has 0 unspecified atom stereocenters. The Morgan fingerprint density at radius 1 is 1.44 bits per heavy atom. The Morgan fingerprint density at radius 2 is 2.06 bits per heavy atom. The molecule has 0 saturated carbocycles. The zero-order valence-electron chi connectivity index (χ0n) is 9.60. The van der Waals surface area contributed by atoms with Crippen LogP contribution in [0, 0.1) is 6.92 Å². The topological polar surface area (TPSA) is 29.1 Å². The molecule has 0 heterocycles. The fraction of sp³-hybridized carbons (Fsp3) is 0.417. The average molecular weight is 349 g/mol. The molecule has 1 amide bonds. The molecule has 0 spiro atoms. The van der Waals surface area contributed by atoms with Crippen molar-refractivity contribution in [3.05, 3.63) is 33.8 Å². The summed E-state index contributed by atoms with van der Waals surface area (Å²) in [6.07, 6.45) is 0. The molecule has 4 heteroatoms. The lowest BCUT2D eigenvalue weighted by molar-refractivity contribution is 0.0920. The minimum Gasteiger partial charge on any atom is -0.346 e. The van der Waals surface area contributed by atoms with Crippen LogP contribution in [0.2, 0.25) is 0 Å². The lowest BCUT2D eigenvalue weighted by Crippen LogP contribution is -2.44. The number of nitrogens with one attached hydrogen (secondary N) is 1. The van der Waals surface area contributed by atoms with Crippen LogP contribution in [0.4, 0.5) is 0 Å². The molecule has 0 aromatic heterocycles. The Labute approximate surface area is 113 Å². The van der Waals surface area contributed by atoms with Crippen molar-refractivity contribution in [1.29, 1.82) is 0 Å². The Balaban J connectivity index is 2.94. The molecule has 2 nitrogen and oxygen atoms in total. The van der Waals surface area contributed by atoms with Gasteiger partial charge in [-0.2, -0.15) is 0 Å². The number of aryl methyl sites for hydroxylation is 1. The highest BCUT2D eigenvalue weighted by Crippen LogP contribution is 2.21. The number of hydrogen-bond acceptors (Lipinski definition) is 1. The molecule has 1 aromatic carbocycles. The fourth-order valence-electron chi connectivity index (χ4n) is 1.23. The molecule has 1 rings (SSSR count). The van der Waals surface area contributed by atoms with Gasteiger partial charge in [-0.05, 0) is 48.3 Å². The second-order valence-electron chi connectivity index (χ2n) is 4.41. The van der Waals surface area contributed by atoms with Crippen LogP contribution in [0.5, 0.6) is 0 Å². The van der Waals surface area contributed by atoms with Crippen molar-refractivity contribution in [3.8, 4) is 0 Å². The molecular weight excluding hydrogens is 334 g/mol. The monoisotopic (exact) mass is 347 g/mol. The van der Waals surface area contributed by atoms with Crippen LogP contribution in [0.3, 0.4) is 0 Å². The van der Waals surface area contributed by atoms with Crippen molar-refractivity contribution in [2.45, 2.75) is 26.3 Å². The first kappa shape index (κ1) is 13.7. The van der Waals surface area contributed by atoms with E-state index in [1.54, 1.807) is 0 Å². The Hall–Kier alpha value is -0.350. The molecule has 1 aromatic rings. The van der Waals surface area contributed by atoms with Gasteiger partial charge in [0.05, 0.1) is 5.56 Å². The summed E-state index contributed by atoms with van der Waals surface area (Å²) < 4.78 is 0.859.